The average Bonchev–Trinajstić information content (AvgIpc) is 2.69. The molecule has 0 spiro atoms. The summed E-state index contributed by atoms with van der Waals surface area (Å²) >= 11 is 0. The predicted octanol–water partition coefficient (Wildman–Crippen LogP) is 2.44. The van der Waals surface area contributed by atoms with Crippen LogP contribution in [-0.4, -0.2) is 29.0 Å². The molecule has 0 bridgehead atoms. The maximum atomic E-state index is 12.5. The lowest BCUT2D eigenvalue weighted by Gasteiger charge is -2.32. The van der Waals surface area contributed by atoms with E-state index in [1.165, 1.54) is 0 Å². The van der Waals surface area contributed by atoms with E-state index < -0.39 is 0 Å². The van der Waals surface area contributed by atoms with Gasteiger partial charge in [0.25, 0.3) is 0 Å². The molecule has 128 valence electrons. The van der Waals surface area contributed by atoms with Gasteiger partial charge in [-0.25, -0.2) is 4.98 Å². The van der Waals surface area contributed by atoms with E-state index in [9.17, 15) is 4.79 Å². The standard InChI is InChI=1S/C19H21N5O/c1-14(17-4-2-3-9-21-17)23-19(25)16-7-10-24(11-8-16)18-6-5-15(12-20)13-22-18/h2-6,9,13-14,16H,7-8,10-11H2,1H3,(H,23,25)/t14-/m0/s1. The van der Waals surface area contributed by atoms with Crippen LogP contribution in [0.4, 0.5) is 5.82 Å². The summed E-state index contributed by atoms with van der Waals surface area (Å²) in [6, 6.07) is 11.3. The number of nitrogens with one attached hydrogen (secondary N) is 1. The number of piperidine rings is 1. The highest BCUT2D eigenvalue weighted by Gasteiger charge is 2.26. The third-order valence-corrected chi connectivity index (χ3v) is 4.56. The van der Waals surface area contributed by atoms with Crippen LogP contribution in [0.1, 0.15) is 37.1 Å². The summed E-state index contributed by atoms with van der Waals surface area (Å²) in [5, 5.41) is 11.9. The Balaban J connectivity index is 1.53. The van der Waals surface area contributed by atoms with Crippen molar-refractivity contribution in [2.45, 2.75) is 25.8 Å². The van der Waals surface area contributed by atoms with Gasteiger partial charge in [-0.3, -0.25) is 9.78 Å². The molecule has 25 heavy (non-hydrogen) atoms. The second-order valence-corrected chi connectivity index (χ2v) is 6.26. The number of carbonyl (C=O) groups is 1. The Morgan fingerprint density at radius 1 is 1.28 bits per heavy atom. The monoisotopic (exact) mass is 335 g/mol. The molecule has 3 heterocycles. The fraction of sp³-hybridized carbons (Fsp3) is 0.368. The molecule has 0 aromatic carbocycles. The van der Waals surface area contributed by atoms with Crippen LogP contribution in [-0.2, 0) is 4.79 Å². The van der Waals surface area contributed by atoms with Crippen LogP contribution in [0.3, 0.4) is 0 Å². The van der Waals surface area contributed by atoms with Gasteiger partial charge in [0, 0.05) is 31.4 Å². The first-order valence-electron chi connectivity index (χ1n) is 8.50. The maximum absolute atomic E-state index is 12.5. The number of carbonyl (C=O) groups excluding carboxylic acids is 1. The van der Waals surface area contributed by atoms with Gasteiger partial charge in [0.2, 0.25) is 5.91 Å². The fourth-order valence-electron chi connectivity index (χ4n) is 3.05. The number of rotatable bonds is 4. The van der Waals surface area contributed by atoms with Crippen LogP contribution in [0.25, 0.3) is 0 Å². The molecule has 6 nitrogen and oxygen atoms in total. The van der Waals surface area contributed by atoms with Gasteiger partial charge in [-0.2, -0.15) is 5.26 Å². The van der Waals surface area contributed by atoms with Crippen LogP contribution in [0.2, 0.25) is 0 Å². The van der Waals surface area contributed by atoms with E-state index in [-0.39, 0.29) is 17.9 Å². The van der Waals surface area contributed by atoms with Crippen LogP contribution in [0.15, 0.2) is 42.7 Å². The second kappa shape index (κ2) is 7.75. The van der Waals surface area contributed by atoms with Gasteiger partial charge < -0.3 is 10.2 Å². The average molecular weight is 335 g/mol. The van der Waals surface area contributed by atoms with Crippen LogP contribution >= 0.6 is 0 Å². The summed E-state index contributed by atoms with van der Waals surface area (Å²) in [6.45, 7) is 3.53. The van der Waals surface area contributed by atoms with Gasteiger partial charge >= 0.3 is 0 Å². The first-order chi connectivity index (χ1) is 12.2. The fourth-order valence-corrected chi connectivity index (χ4v) is 3.05. The molecule has 0 saturated carbocycles. The molecular formula is C19H21N5O. The van der Waals surface area contributed by atoms with Crippen molar-refractivity contribution in [3.05, 3.63) is 54.0 Å². The van der Waals surface area contributed by atoms with Crippen LogP contribution < -0.4 is 10.2 Å². The van der Waals surface area contributed by atoms with Crippen molar-refractivity contribution in [3.8, 4) is 6.07 Å². The van der Waals surface area contributed by atoms with E-state index >= 15 is 0 Å². The normalized spacial score (nSPS) is 16.1. The number of anilines is 1. The highest BCUT2D eigenvalue weighted by Crippen LogP contribution is 2.23. The van der Waals surface area contributed by atoms with Gasteiger partial charge in [0.1, 0.15) is 11.9 Å². The Morgan fingerprint density at radius 3 is 2.68 bits per heavy atom. The van der Waals surface area contributed by atoms with Crippen molar-refractivity contribution in [1.82, 2.24) is 15.3 Å². The predicted molar refractivity (Wildman–Crippen MR) is 94.7 cm³/mol. The third kappa shape index (κ3) is 4.13. The smallest absolute Gasteiger partial charge is 0.223 e. The topological polar surface area (TPSA) is 81.9 Å². The molecule has 3 rings (SSSR count). The lowest BCUT2D eigenvalue weighted by molar-refractivity contribution is -0.126. The Morgan fingerprint density at radius 2 is 2.08 bits per heavy atom. The molecule has 2 aromatic rings. The van der Waals surface area contributed by atoms with Gasteiger partial charge in [-0.05, 0) is 44.0 Å². The number of hydrogen-bond donors (Lipinski definition) is 1. The summed E-state index contributed by atoms with van der Waals surface area (Å²) in [4.78, 5) is 23.3. The van der Waals surface area contributed by atoms with Gasteiger partial charge in [0.05, 0.1) is 17.3 Å². The van der Waals surface area contributed by atoms with Crippen molar-refractivity contribution in [2.24, 2.45) is 5.92 Å². The summed E-state index contributed by atoms with van der Waals surface area (Å²) in [5.74, 6) is 0.964. The number of amides is 1. The molecule has 0 aliphatic carbocycles. The zero-order chi connectivity index (χ0) is 17.6. The summed E-state index contributed by atoms with van der Waals surface area (Å²) in [6.07, 6.45) is 4.91. The molecule has 1 aliphatic rings. The Hall–Kier alpha value is -2.94. The quantitative estimate of drug-likeness (QED) is 0.928. The molecule has 0 radical (unpaired) electrons. The second-order valence-electron chi connectivity index (χ2n) is 6.26. The van der Waals surface area contributed by atoms with Crippen LogP contribution in [0.5, 0.6) is 0 Å². The third-order valence-electron chi connectivity index (χ3n) is 4.56. The Bertz CT molecular complexity index is 746. The van der Waals surface area contributed by atoms with E-state index in [0.717, 1.165) is 37.4 Å². The summed E-state index contributed by atoms with van der Waals surface area (Å²) in [5.41, 5.74) is 1.43. The number of hydrogen-bond acceptors (Lipinski definition) is 5. The van der Waals surface area contributed by atoms with E-state index in [1.54, 1.807) is 18.5 Å². The summed E-state index contributed by atoms with van der Waals surface area (Å²) in [7, 11) is 0. The minimum Gasteiger partial charge on any atom is -0.357 e. The molecule has 1 saturated heterocycles. The van der Waals surface area contributed by atoms with Gasteiger partial charge in [-0.15, -0.1) is 0 Å². The molecule has 1 fully saturated rings. The Labute approximate surface area is 147 Å². The van der Waals surface area contributed by atoms with E-state index in [4.69, 9.17) is 5.26 Å². The van der Waals surface area contributed by atoms with Gasteiger partial charge in [0.15, 0.2) is 0 Å². The van der Waals surface area contributed by atoms with Crippen molar-refractivity contribution >= 4 is 11.7 Å². The lowest BCUT2D eigenvalue weighted by Crippen LogP contribution is -2.41. The zero-order valence-electron chi connectivity index (χ0n) is 14.2. The minimum atomic E-state index is -0.0908. The Kier molecular flexibility index (Phi) is 5.24. The van der Waals surface area contributed by atoms with Crippen molar-refractivity contribution in [3.63, 3.8) is 0 Å². The molecule has 1 N–H and O–H groups in total. The lowest BCUT2D eigenvalue weighted by atomic mass is 9.95. The number of aromatic nitrogens is 2. The first kappa shape index (κ1) is 16.9. The van der Waals surface area contributed by atoms with Crippen molar-refractivity contribution in [1.29, 1.82) is 5.26 Å². The maximum Gasteiger partial charge on any atom is 0.223 e. The van der Waals surface area contributed by atoms with E-state index in [2.05, 4.69) is 26.3 Å². The van der Waals surface area contributed by atoms with E-state index in [1.807, 2.05) is 31.2 Å². The number of nitriles is 1. The largest absolute Gasteiger partial charge is 0.357 e. The summed E-state index contributed by atoms with van der Waals surface area (Å²) < 4.78 is 0. The van der Waals surface area contributed by atoms with E-state index in [0.29, 0.717) is 5.56 Å². The molecule has 0 unspecified atom stereocenters. The minimum absolute atomic E-state index is 0.0146. The highest BCUT2D eigenvalue weighted by atomic mass is 16.1. The number of nitrogens with zero attached hydrogens (tertiary/aromatic N) is 4. The molecule has 6 heteroatoms. The highest BCUT2D eigenvalue weighted by molar-refractivity contribution is 5.79. The molecule has 1 amide bonds. The number of pyridine rings is 2. The van der Waals surface area contributed by atoms with Crippen molar-refractivity contribution < 1.29 is 4.79 Å². The SMILES string of the molecule is C[C@H](NC(=O)C1CCN(c2ccc(C#N)cn2)CC1)c1ccccn1. The van der Waals surface area contributed by atoms with Gasteiger partial charge in [-0.1, -0.05) is 6.07 Å². The van der Waals surface area contributed by atoms with Crippen molar-refractivity contribution in [2.75, 3.05) is 18.0 Å². The molecule has 2 aromatic heterocycles. The molecule has 1 aliphatic heterocycles. The first-order valence-corrected chi connectivity index (χ1v) is 8.50. The zero-order valence-corrected chi connectivity index (χ0v) is 14.2. The molecular weight excluding hydrogens is 314 g/mol. The molecule has 1 atom stereocenters. The van der Waals surface area contributed by atoms with Crippen LogP contribution in [0, 0.1) is 17.2 Å².